The summed E-state index contributed by atoms with van der Waals surface area (Å²) in [6.07, 6.45) is 3.55. The Hall–Kier alpha value is -2.62. The van der Waals surface area contributed by atoms with E-state index >= 15 is 0 Å². The molecule has 3 rings (SSSR count). The fraction of sp³-hybridized carbons (Fsp3) is 0.348. The first-order chi connectivity index (χ1) is 15.8. The third-order valence-electron chi connectivity index (χ3n) is 5.17. The number of methoxy groups -OCH3 is 1. The van der Waals surface area contributed by atoms with Crippen molar-refractivity contribution in [2.24, 2.45) is 0 Å². The summed E-state index contributed by atoms with van der Waals surface area (Å²) >= 11 is 6.26. The van der Waals surface area contributed by atoms with Crippen LogP contribution >= 0.6 is 11.6 Å². The Morgan fingerprint density at radius 1 is 1.15 bits per heavy atom. The van der Waals surface area contributed by atoms with Crippen LogP contribution in [0.2, 0.25) is 5.02 Å². The molecule has 0 aliphatic carbocycles. The zero-order chi connectivity index (χ0) is 24.0. The van der Waals surface area contributed by atoms with E-state index in [0.29, 0.717) is 41.7 Å². The van der Waals surface area contributed by atoms with Crippen LogP contribution < -0.4 is 9.47 Å². The highest BCUT2D eigenvalue weighted by Crippen LogP contribution is 2.36. The summed E-state index contributed by atoms with van der Waals surface area (Å²) in [4.78, 5) is 14.4. The van der Waals surface area contributed by atoms with E-state index in [4.69, 9.17) is 21.1 Å². The van der Waals surface area contributed by atoms with Gasteiger partial charge in [0.2, 0.25) is 15.9 Å². The molecule has 2 aromatic carbocycles. The molecule has 1 amide bonds. The number of nitrogens with zero attached hydrogens (tertiary/aromatic N) is 2. The van der Waals surface area contributed by atoms with Crippen molar-refractivity contribution in [3.8, 4) is 11.5 Å². The molecule has 1 fully saturated rings. The molecular formula is C23H26ClFN2O5S. The molecule has 0 radical (unpaired) electrons. The highest BCUT2D eigenvalue weighted by Gasteiger charge is 2.27. The maximum absolute atomic E-state index is 13.2. The van der Waals surface area contributed by atoms with E-state index in [1.807, 2.05) is 6.92 Å². The van der Waals surface area contributed by atoms with Crippen molar-refractivity contribution in [3.63, 3.8) is 0 Å². The molecule has 0 atom stereocenters. The number of carbonyl (C=O) groups excluding carboxylic acids is 1. The molecule has 10 heteroatoms. The van der Waals surface area contributed by atoms with Crippen LogP contribution in [-0.2, 0) is 14.8 Å². The predicted octanol–water partition coefficient (Wildman–Crippen LogP) is 3.82. The summed E-state index contributed by atoms with van der Waals surface area (Å²) in [5.41, 5.74) is 0.674. The minimum Gasteiger partial charge on any atom is -0.491 e. The zero-order valence-electron chi connectivity index (χ0n) is 18.5. The Kier molecular flexibility index (Phi) is 8.34. The van der Waals surface area contributed by atoms with E-state index in [1.54, 1.807) is 23.1 Å². The van der Waals surface area contributed by atoms with Gasteiger partial charge in [0.15, 0.2) is 11.5 Å². The number of halogens is 2. The minimum atomic E-state index is -3.76. The molecule has 1 aliphatic heterocycles. The van der Waals surface area contributed by atoms with E-state index in [2.05, 4.69) is 0 Å². The van der Waals surface area contributed by atoms with Gasteiger partial charge in [0, 0.05) is 32.3 Å². The average molecular weight is 497 g/mol. The molecule has 0 bridgehead atoms. The molecule has 0 spiro atoms. The molecule has 2 aromatic rings. The molecule has 0 unspecified atom stereocenters. The largest absolute Gasteiger partial charge is 0.491 e. The molecule has 1 aliphatic rings. The van der Waals surface area contributed by atoms with Gasteiger partial charge in [0.1, 0.15) is 5.82 Å². The SMILES string of the molecule is CCOc1cc(/C=C/C(=O)N2CCCN(S(=O)(=O)c3ccc(F)cc3)CC2)cc(Cl)c1OC. The van der Waals surface area contributed by atoms with Crippen molar-refractivity contribution in [2.45, 2.75) is 18.2 Å². The van der Waals surface area contributed by atoms with E-state index < -0.39 is 15.8 Å². The van der Waals surface area contributed by atoms with Gasteiger partial charge in [-0.2, -0.15) is 4.31 Å². The van der Waals surface area contributed by atoms with Crippen molar-refractivity contribution in [1.29, 1.82) is 0 Å². The van der Waals surface area contributed by atoms with Gasteiger partial charge in [-0.15, -0.1) is 0 Å². The Morgan fingerprint density at radius 2 is 1.88 bits per heavy atom. The van der Waals surface area contributed by atoms with E-state index in [1.165, 1.54) is 29.6 Å². The number of carbonyl (C=O) groups is 1. The second-order valence-corrected chi connectivity index (χ2v) is 9.68. The van der Waals surface area contributed by atoms with Gasteiger partial charge in [-0.1, -0.05) is 11.6 Å². The highest BCUT2D eigenvalue weighted by atomic mass is 35.5. The van der Waals surface area contributed by atoms with Crippen LogP contribution in [0.3, 0.4) is 0 Å². The van der Waals surface area contributed by atoms with Gasteiger partial charge in [-0.3, -0.25) is 4.79 Å². The Balaban J connectivity index is 1.68. The van der Waals surface area contributed by atoms with E-state index in [9.17, 15) is 17.6 Å². The maximum Gasteiger partial charge on any atom is 0.246 e. The summed E-state index contributed by atoms with van der Waals surface area (Å²) in [6.45, 7) is 3.38. The lowest BCUT2D eigenvalue weighted by atomic mass is 10.1. The summed E-state index contributed by atoms with van der Waals surface area (Å²) in [6, 6.07) is 8.14. The molecule has 0 saturated carbocycles. The summed E-state index contributed by atoms with van der Waals surface area (Å²) in [7, 11) is -2.26. The first-order valence-electron chi connectivity index (χ1n) is 10.5. The third-order valence-corrected chi connectivity index (χ3v) is 7.37. The second-order valence-electron chi connectivity index (χ2n) is 7.34. The van der Waals surface area contributed by atoms with Crippen LogP contribution in [0.5, 0.6) is 11.5 Å². The number of ether oxygens (including phenoxy) is 2. The summed E-state index contributed by atoms with van der Waals surface area (Å²) < 4.78 is 51.0. The lowest BCUT2D eigenvalue weighted by molar-refractivity contribution is -0.125. The molecule has 1 saturated heterocycles. The van der Waals surface area contributed by atoms with Crippen molar-refractivity contribution in [2.75, 3.05) is 39.9 Å². The van der Waals surface area contributed by atoms with Gasteiger partial charge in [0.25, 0.3) is 0 Å². The third kappa shape index (κ3) is 6.04. The number of hydrogen-bond donors (Lipinski definition) is 0. The van der Waals surface area contributed by atoms with Crippen molar-refractivity contribution >= 4 is 33.6 Å². The Labute approximate surface area is 198 Å². The normalized spacial score (nSPS) is 15.5. The van der Waals surface area contributed by atoms with Crippen LogP contribution in [0.1, 0.15) is 18.9 Å². The minimum absolute atomic E-state index is 0.0325. The van der Waals surface area contributed by atoms with Crippen LogP contribution in [0, 0.1) is 5.82 Å². The van der Waals surface area contributed by atoms with Crippen LogP contribution in [-0.4, -0.2) is 63.4 Å². The van der Waals surface area contributed by atoms with Gasteiger partial charge in [0.05, 0.1) is 23.6 Å². The van der Waals surface area contributed by atoms with E-state index in [0.717, 1.165) is 12.1 Å². The molecule has 1 heterocycles. The average Bonchev–Trinajstić information content (AvgIpc) is 3.05. The maximum atomic E-state index is 13.2. The zero-order valence-corrected chi connectivity index (χ0v) is 20.0. The summed E-state index contributed by atoms with van der Waals surface area (Å²) in [5.74, 6) is 0.175. The molecule has 0 aromatic heterocycles. The lowest BCUT2D eigenvalue weighted by Crippen LogP contribution is -2.36. The number of sulfonamides is 1. The smallest absolute Gasteiger partial charge is 0.246 e. The first kappa shape index (κ1) is 25.0. The van der Waals surface area contributed by atoms with Gasteiger partial charge >= 0.3 is 0 Å². The number of hydrogen-bond acceptors (Lipinski definition) is 5. The summed E-state index contributed by atoms with van der Waals surface area (Å²) in [5, 5.41) is 0.368. The predicted molar refractivity (Wildman–Crippen MR) is 125 cm³/mol. The fourth-order valence-electron chi connectivity index (χ4n) is 3.53. The fourth-order valence-corrected chi connectivity index (χ4v) is 5.29. The first-order valence-corrected chi connectivity index (χ1v) is 12.3. The number of rotatable bonds is 7. The van der Waals surface area contributed by atoms with Crippen LogP contribution in [0.25, 0.3) is 6.08 Å². The Morgan fingerprint density at radius 3 is 2.55 bits per heavy atom. The quantitative estimate of drug-likeness (QED) is 0.545. The lowest BCUT2D eigenvalue weighted by Gasteiger charge is -2.21. The van der Waals surface area contributed by atoms with Gasteiger partial charge < -0.3 is 14.4 Å². The van der Waals surface area contributed by atoms with Crippen LogP contribution in [0.4, 0.5) is 4.39 Å². The molecule has 0 N–H and O–H groups in total. The second kappa shape index (κ2) is 11.0. The standard InChI is InChI=1S/C23H26ClFN2O5S/c1-3-32-21-16-17(15-20(24)23(21)31-2)5-10-22(28)26-11-4-12-27(14-13-26)33(29,30)19-8-6-18(25)7-9-19/h5-10,15-16H,3-4,11-14H2,1-2H3/b10-5+. The Bertz CT molecular complexity index is 1120. The topological polar surface area (TPSA) is 76.2 Å². The highest BCUT2D eigenvalue weighted by molar-refractivity contribution is 7.89. The van der Waals surface area contributed by atoms with Crippen molar-refractivity contribution < 1.29 is 27.1 Å². The molecule has 33 heavy (non-hydrogen) atoms. The number of amides is 1. The van der Waals surface area contributed by atoms with Gasteiger partial charge in [-0.05, 0) is 61.4 Å². The number of benzene rings is 2. The van der Waals surface area contributed by atoms with Crippen molar-refractivity contribution in [3.05, 3.63) is 58.9 Å². The monoisotopic (exact) mass is 496 g/mol. The van der Waals surface area contributed by atoms with Crippen molar-refractivity contribution in [1.82, 2.24) is 9.21 Å². The molecule has 178 valence electrons. The van der Waals surface area contributed by atoms with E-state index in [-0.39, 0.29) is 30.4 Å². The molecule has 7 nitrogen and oxygen atoms in total. The molecular weight excluding hydrogens is 471 g/mol. The van der Waals surface area contributed by atoms with Crippen LogP contribution in [0.15, 0.2) is 47.4 Å². The van der Waals surface area contributed by atoms with Gasteiger partial charge in [-0.25, -0.2) is 12.8 Å².